The van der Waals surface area contributed by atoms with Gasteiger partial charge in [-0.25, -0.2) is 4.98 Å². The van der Waals surface area contributed by atoms with E-state index in [4.69, 9.17) is 11.6 Å². The van der Waals surface area contributed by atoms with Gasteiger partial charge < -0.3 is 0 Å². The molecule has 0 aliphatic heterocycles. The molecular formula is C5H2ClN3S2. The van der Waals surface area contributed by atoms with Crippen LogP contribution in [0.1, 0.15) is 0 Å². The summed E-state index contributed by atoms with van der Waals surface area (Å²) in [6.07, 6.45) is 1.73. The van der Waals surface area contributed by atoms with E-state index >= 15 is 0 Å². The molecule has 11 heavy (non-hydrogen) atoms. The molecule has 2 aromatic heterocycles. The number of nitrogens with zero attached hydrogens (tertiary/aromatic N) is 3. The van der Waals surface area contributed by atoms with E-state index in [0.29, 0.717) is 10.3 Å². The van der Waals surface area contributed by atoms with Gasteiger partial charge in [0.25, 0.3) is 0 Å². The summed E-state index contributed by atoms with van der Waals surface area (Å²) in [6, 6.07) is 0. The second-order valence-corrected chi connectivity index (χ2v) is 3.96. The van der Waals surface area contributed by atoms with Gasteiger partial charge in [0.15, 0.2) is 5.82 Å². The van der Waals surface area contributed by atoms with Crippen molar-refractivity contribution in [2.75, 3.05) is 0 Å². The molecule has 2 rings (SSSR count). The monoisotopic (exact) mass is 203 g/mol. The van der Waals surface area contributed by atoms with E-state index in [9.17, 15) is 0 Å². The molecule has 56 valence electrons. The summed E-state index contributed by atoms with van der Waals surface area (Å²) in [7, 11) is 0. The average Bonchev–Trinajstić information content (AvgIpc) is 2.55. The van der Waals surface area contributed by atoms with Gasteiger partial charge in [-0.2, -0.15) is 4.37 Å². The highest BCUT2D eigenvalue weighted by atomic mass is 35.5. The van der Waals surface area contributed by atoms with Crippen LogP contribution in [0.3, 0.4) is 0 Å². The van der Waals surface area contributed by atoms with Gasteiger partial charge in [-0.3, -0.25) is 4.98 Å². The van der Waals surface area contributed by atoms with Crippen LogP contribution in [-0.4, -0.2) is 14.3 Å². The number of thiazole rings is 1. The molecule has 0 aromatic carbocycles. The molecule has 0 aliphatic carbocycles. The molecule has 0 amide bonds. The molecule has 0 saturated carbocycles. The van der Waals surface area contributed by atoms with Gasteiger partial charge in [0, 0.05) is 6.20 Å². The van der Waals surface area contributed by atoms with Gasteiger partial charge in [0.2, 0.25) is 4.47 Å². The van der Waals surface area contributed by atoms with Crippen LogP contribution in [0, 0.1) is 0 Å². The van der Waals surface area contributed by atoms with Crippen molar-refractivity contribution in [3.8, 4) is 10.7 Å². The van der Waals surface area contributed by atoms with Crippen LogP contribution in [-0.2, 0) is 0 Å². The van der Waals surface area contributed by atoms with Crippen LogP contribution in [0.2, 0.25) is 4.47 Å². The first-order valence-electron chi connectivity index (χ1n) is 2.74. The number of hydrogen-bond donors (Lipinski definition) is 0. The van der Waals surface area contributed by atoms with Gasteiger partial charge in [0.05, 0.1) is 10.4 Å². The summed E-state index contributed by atoms with van der Waals surface area (Å²) in [5.41, 5.74) is 1.74. The van der Waals surface area contributed by atoms with E-state index in [0.717, 1.165) is 4.88 Å². The van der Waals surface area contributed by atoms with Crippen molar-refractivity contribution in [1.82, 2.24) is 14.3 Å². The molecule has 2 aromatic rings. The first-order valence-corrected chi connectivity index (χ1v) is 4.77. The van der Waals surface area contributed by atoms with Crippen molar-refractivity contribution in [3.05, 3.63) is 16.2 Å². The van der Waals surface area contributed by atoms with E-state index in [1.165, 1.54) is 22.9 Å². The SMILES string of the molecule is Clc1nc(-c2cncs2)ns1. The highest BCUT2D eigenvalue weighted by Gasteiger charge is 2.05. The average molecular weight is 204 g/mol. The minimum atomic E-state index is 0.466. The van der Waals surface area contributed by atoms with Crippen LogP contribution in [0.15, 0.2) is 11.7 Å². The molecule has 0 fully saturated rings. The lowest BCUT2D eigenvalue weighted by molar-refractivity contribution is 1.33. The molecule has 0 saturated heterocycles. The van der Waals surface area contributed by atoms with Crippen molar-refractivity contribution in [2.24, 2.45) is 0 Å². The summed E-state index contributed by atoms with van der Waals surface area (Å²) in [6.45, 7) is 0. The summed E-state index contributed by atoms with van der Waals surface area (Å²) >= 11 is 8.29. The molecule has 2 heterocycles. The topological polar surface area (TPSA) is 38.7 Å². The van der Waals surface area contributed by atoms with Crippen molar-refractivity contribution < 1.29 is 0 Å². The van der Waals surface area contributed by atoms with Crippen LogP contribution in [0.4, 0.5) is 0 Å². The number of aromatic nitrogens is 3. The Hall–Kier alpha value is -0.520. The lowest BCUT2D eigenvalue weighted by atomic mass is 10.5. The van der Waals surface area contributed by atoms with E-state index in [-0.39, 0.29) is 0 Å². The van der Waals surface area contributed by atoms with Crippen molar-refractivity contribution in [1.29, 1.82) is 0 Å². The highest BCUT2D eigenvalue weighted by molar-refractivity contribution is 7.14. The Labute approximate surface area is 75.9 Å². The Morgan fingerprint density at radius 3 is 2.91 bits per heavy atom. The van der Waals surface area contributed by atoms with Crippen molar-refractivity contribution >= 4 is 34.5 Å². The first kappa shape index (κ1) is 7.15. The largest absolute Gasteiger partial charge is 0.252 e. The maximum absolute atomic E-state index is 5.61. The Kier molecular flexibility index (Phi) is 1.85. The third-order valence-corrected chi connectivity index (χ3v) is 2.62. The zero-order valence-corrected chi connectivity index (χ0v) is 7.58. The molecule has 0 N–H and O–H groups in total. The van der Waals surface area contributed by atoms with Crippen LogP contribution in [0.25, 0.3) is 10.7 Å². The van der Waals surface area contributed by atoms with E-state index in [1.54, 1.807) is 11.7 Å². The van der Waals surface area contributed by atoms with Crippen molar-refractivity contribution in [2.45, 2.75) is 0 Å². The fraction of sp³-hybridized carbons (Fsp3) is 0. The lowest BCUT2D eigenvalue weighted by Crippen LogP contribution is -1.72. The predicted molar refractivity (Wildman–Crippen MR) is 46.0 cm³/mol. The van der Waals surface area contributed by atoms with Crippen molar-refractivity contribution in [3.63, 3.8) is 0 Å². The van der Waals surface area contributed by atoms with Gasteiger partial charge in [-0.05, 0) is 23.1 Å². The minimum absolute atomic E-state index is 0.466. The standard InChI is InChI=1S/C5H2ClN3S2/c6-5-8-4(9-11-5)3-1-7-2-10-3/h1-2H. The first-order chi connectivity index (χ1) is 5.36. The van der Waals surface area contributed by atoms with Crippen LogP contribution < -0.4 is 0 Å². The van der Waals surface area contributed by atoms with Crippen LogP contribution in [0.5, 0.6) is 0 Å². The maximum atomic E-state index is 5.61. The Bertz CT molecular complexity index is 342. The molecule has 0 radical (unpaired) electrons. The lowest BCUT2D eigenvalue weighted by Gasteiger charge is -1.80. The Morgan fingerprint density at radius 1 is 1.45 bits per heavy atom. The molecule has 0 aliphatic rings. The van der Waals surface area contributed by atoms with E-state index in [1.807, 2.05) is 0 Å². The molecular weight excluding hydrogens is 202 g/mol. The predicted octanol–water partition coefficient (Wildman–Crippen LogP) is 2.31. The Balaban J connectivity index is 2.45. The summed E-state index contributed by atoms with van der Waals surface area (Å²) in [4.78, 5) is 8.86. The molecule has 3 nitrogen and oxygen atoms in total. The minimum Gasteiger partial charge on any atom is -0.252 e. The molecule has 0 atom stereocenters. The van der Waals surface area contributed by atoms with Gasteiger partial charge in [-0.15, -0.1) is 11.3 Å². The third-order valence-electron chi connectivity index (χ3n) is 1.05. The van der Waals surface area contributed by atoms with E-state index < -0.39 is 0 Å². The Morgan fingerprint density at radius 2 is 2.36 bits per heavy atom. The fourth-order valence-electron chi connectivity index (χ4n) is 0.631. The van der Waals surface area contributed by atoms with Gasteiger partial charge in [0.1, 0.15) is 0 Å². The smallest absolute Gasteiger partial charge is 0.203 e. The summed E-state index contributed by atoms with van der Waals surface area (Å²) in [5.74, 6) is 0.669. The number of rotatable bonds is 1. The zero-order chi connectivity index (χ0) is 7.68. The van der Waals surface area contributed by atoms with Gasteiger partial charge in [-0.1, -0.05) is 0 Å². The van der Waals surface area contributed by atoms with Crippen LogP contribution >= 0.6 is 34.5 Å². The molecule has 0 spiro atoms. The van der Waals surface area contributed by atoms with Gasteiger partial charge >= 0.3 is 0 Å². The van der Waals surface area contributed by atoms with E-state index in [2.05, 4.69) is 14.3 Å². The summed E-state index contributed by atoms with van der Waals surface area (Å²) < 4.78 is 4.49. The molecule has 6 heteroatoms. The molecule has 0 bridgehead atoms. The second kappa shape index (κ2) is 2.84. The zero-order valence-electron chi connectivity index (χ0n) is 5.19. The maximum Gasteiger partial charge on any atom is 0.203 e. The third kappa shape index (κ3) is 1.40. The fourth-order valence-corrected chi connectivity index (χ4v) is 1.85. The number of halogens is 1. The quantitative estimate of drug-likeness (QED) is 0.714. The highest BCUT2D eigenvalue weighted by Crippen LogP contribution is 2.23. The molecule has 0 unspecified atom stereocenters. The second-order valence-electron chi connectivity index (χ2n) is 1.74. The number of hydrogen-bond acceptors (Lipinski definition) is 5. The normalized spacial score (nSPS) is 10.3. The summed E-state index contributed by atoms with van der Waals surface area (Å²) in [5, 5.41) is 0.